The lowest BCUT2D eigenvalue weighted by Crippen LogP contribution is -1.93. The molecule has 0 amide bonds. The molecule has 0 heterocycles. The molecular formula is C12H12OS. The molecule has 0 spiro atoms. The molecule has 1 nitrogen and oxygen atoms in total. The smallest absolute Gasteiger partial charge is 0.0811 e. The summed E-state index contributed by atoms with van der Waals surface area (Å²) in [7, 11) is -0.968. The van der Waals surface area contributed by atoms with Crippen molar-refractivity contribution in [2.24, 2.45) is 0 Å². The van der Waals surface area contributed by atoms with Crippen molar-refractivity contribution >= 4 is 10.8 Å². The summed E-state index contributed by atoms with van der Waals surface area (Å²) in [5.74, 6) is 0. The quantitative estimate of drug-likeness (QED) is 0.724. The van der Waals surface area contributed by atoms with Gasteiger partial charge in [-0.2, -0.15) is 0 Å². The van der Waals surface area contributed by atoms with Crippen LogP contribution in [0.25, 0.3) is 0 Å². The minimum Gasteiger partial charge on any atom is -0.249 e. The van der Waals surface area contributed by atoms with Gasteiger partial charge in [-0.15, -0.1) is 0 Å². The Morgan fingerprint density at radius 1 is 1.21 bits per heavy atom. The van der Waals surface area contributed by atoms with Crippen LogP contribution in [-0.2, 0) is 10.8 Å². The highest BCUT2D eigenvalue weighted by atomic mass is 32.2. The summed E-state index contributed by atoms with van der Waals surface area (Å²) in [6.07, 6.45) is 6.75. The van der Waals surface area contributed by atoms with Gasteiger partial charge in [0.15, 0.2) is 0 Å². The molecule has 0 saturated heterocycles. The first-order valence-corrected chi connectivity index (χ1v) is 5.76. The molecule has 1 aliphatic carbocycles. The van der Waals surface area contributed by atoms with Crippen molar-refractivity contribution in [1.29, 1.82) is 0 Å². The third-order valence-corrected chi connectivity index (χ3v) is 3.69. The summed E-state index contributed by atoms with van der Waals surface area (Å²) in [5.41, 5.74) is 1.20. The first-order chi connectivity index (χ1) is 6.77. The van der Waals surface area contributed by atoms with Gasteiger partial charge in [0, 0.05) is 9.80 Å². The Labute approximate surface area is 86.6 Å². The number of rotatable bonds is 2. The van der Waals surface area contributed by atoms with Crippen LogP contribution in [0.5, 0.6) is 0 Å². The van der Waals surface area contributed by atoms with Gasteiger partial charge in [0.1, 0.15) is 0 Å². The van der Waals surface area contributed by atoms with E-state index in [0.29, 0.717) is 0 Å². The summed E-state index contributed by atoms with van der Waals surface area (Å²) < 4.78 is 12.0. The van der Waals surface area contributed by atoms with Gasteiger partial charge in [-0.1, -0.05) is 29.8 Å². The molecule has 1 aromatic rings. The van der Waals surface area contributed by atoms with E-state index >= 15 is 0 Å². The normalized spacial score (nSPS) is 16.8. The first kappa shape index (κ1) is 9.41. The van der Waals surface area contributed by atoms with Crippen LogP contribution >= 0.6 is 0 Å². The van der Waals surface area contributed by atoms with E-state index in [0.717, 1.165) is 16.2 Å². The molecule has 2 heteroatoms. The second kappa shape index (κ2) is 3.93. The minimum absolute atomic E-state index is 0.820. The second-order valence-corrected chi connectivity index (χ2v) is 4.88. The maximum atomic E-state index is 12.0. The SMILES string of the molecule is Cc1ccc([S@@](=O)C2=CC=CC2)cc1. The van der Waals surface area contributed by atoms with E-state index in [1.807, 2.05) is 49.4 Å². The maximum Gasteiger partial charge on any atom is 0.0811 e. The zero-order chi connectivity index (χ0) is 9.97. The van der Waals surface area contributed by atoms with E-state index in [2.05, 4.69) is 0 Å². The van der Waals surface area contributed by atoms with Crippen LogP contribution in [0.15, 0.2) is 52.3 Å². The van der Waals surface area contributed by atoms with E-state index in [4.69, 9.17) is 0 Å². The molecular weight excluding hydrogens is 192 g/mol. The highest BCUT2D eigenvalue weighted by Crippen LogP contribution is 2.21. The largest absolute Gasteiger partial charge is 0.249 e. The molecule has 0 fully saturated rings. The molecule has 0 N–H and O–H groups in total. The number of hydrogen-bond donors (Lipinski definition) is 0. The van der Waals surface area contributed by atoms with Crippen LogP contribution in [0.1, 0.15) is 12.0 Å². The van der Waals surface area contributed by atoms with E-state index in [9.17, 15) is 4.21 Å². The van der Waals surface area contributed by atoms with Gasteiger partial charge in [-0.05, 0) is 31.6 Å². The third-order valence-electron chi connectivity index (χ3n) is 2.21. The van der Waals surface area contributed by atoms with E-state index in [-0.39, 0.29) is 0 Å². The molecule has 2 rings (SSSR count). The topological polar surface area (TPSA) is 17.1 Å². The highest BCUT2D eigenvalue weighted by molar-refractivity contribution is 7.89. The summed E-state index contributed by atoms with van der Waals surface area (Å²) in [6.45, 7) is 2.03. The van der Waals surface area contributed by atoms with Crippen molar-refractivity contribution in [1.82, 2.24) is 0 Å². The predicted molar refractivity (Wildman–Crippen MR) is 59.4 cm³/mol. The molecule has 0 bridgehead atoms. The van der Waals surface area contributed by atoms with Crippen LogP contribution in [0.2, 0.25) is 0 Å². The van der Waals surface area contributed by atoms with Gasteiger partial charge in [0.2, 0.25) is 0 Å². The lowest BCUT2D eigenvalue weighted by Gasteiger charge is -2.02. The highest BCUT2D eigenvalue weighted by Gasteiger charge is 2.10. The summed E-state index contributed by atoms with van der Waals surface area (Å²) in [5, 5.41) is 0. The fourth-order valence-corrected chi connectivity index (χ4v) is 2.51. The lowest BCUT2D eigenvalue weighted by atomic mass is 10.2. The van der Waals surface area contributed by atoms with Crippen molar-refractivity contribution in [3.8, 4) is 0 Å². The predicted octanol–water partition coefficient (Wildman–Crippen LogP) is 2.95. The molecule has 14 heavy (non-hydrogen) atoms. The first-order valence-electron chi connectivity index (χ1n) is 4.61. The average Bonchev–Trinajstić information content (AvgIpc) is 2.71. The van der Waals surface area contributed by atoms with Gasteiger partial charge >= 0.3 is 0 Å². The minimum atomic E-state index is -0.968. The molecule has 0 unspecified atom stereocenters. The van der Waals surface area contributed by atoms with Crippen LogP contribution in [0.4, 0.5) is 0 Å². The molecule has 1 aromatic carbocycles. The van der Waals surface area contributed by atoms with Crippen molar-refractivity contribution < 1.29 is 4.21 Å². The van der Waals surface area contributed by atoms with Crippen molar-refractivity contribution in [3.63, 3.8) is 0 Å². The van der Waals surface area contributed by atoms with Crippen LogP contribution < -0.4 is 0 Å². The standard InChI is InChI=1S/C12H12OS/c1-10-6-8-12(9-7-10)14(13)11-4-2-3-5-11/h2-4,6-9H,5H2,1H3/t14-/m0/s1. The molecule has 0 radical (unpaired) electrons. The summed E-state index contributed by atoms with van der Waals surface area (Å²) in [6, 6.07) is 7.86. The van der Waals surface area contributed by atoms with Crippen molar-refractivity contribution in [2.75, 3.05) is 0 Å². The van der Waals surface area contributed by atoms with Gasteiger partial charge in [0.25, 0.3) is 0 Å². The molecule has 0 aliphatic heterocycles. The van der Waals surface area contributed by atoms with Crippen LogP contribution in [-0.4, -0.2) is 4.21 Å². The average molecular weight is 204 g/mol. The van der Waals surface area contributed by atoms with Gasteiger partial charge in [-0.3, -0.25) is 0 Å². The third kappa shape index (κ3) is 1.85. The second-order valence-electron chi connectivity index (χ2n) is 3.35. The molecule has 1 aliphatic rings. The molecule has 0 saturated carbocycles. The molecule has 1 atom stereocenters. The Morgan fingerprint density at radius 2 is 1.93 bits per heavy atom. The number of allylic oxidation sites excluding steroid dienone is 4. The number of hydrogen-bond acceptors (Lipinski definition) is 1. The van der Waals surface area contributed by atoms with Crippen LogP contribution in [0, 0.1) is 6.92 Å². The lowest BCUT2D eigenvalue weighted by molar-refractivity contribution is 0.686. The molecule has 72 valence electrons. The summed E-state index contributed by atoms with van der Waals surface area (Å²) in [4.78, 5) is 1.89. The Kier molecular flexibility index (Phi) is 2.64. The van der Waals surface area contributed by atoms with Crippen molar-refractivity contribution in [3.05, 3.63) is 53.0 Å². The van der Waals surface area contributed by atoms with Gasteiger partial charge < -0.3 is 0 Å². The Hall–Kier alpha value is -1.15. The Morgan fingerprint density at radius 3 is 2.50 bits per heavy atom. The van der Waals surface area contributed by atoms with E-state index < -0.39 is 10.8 Å². The maximum absolute atomic E-state index is 12.0. The summed E-state index contributed by atoms with van der Waals surface area (Å²) >= 11 is 0. The Bertz CT molecular complexity index is 412. The zero-order valence-electron chi connectivity index (χ0n) is 8.07. The van der Waals surface area contributed by atoms with Crippen molar-refractivity contribution in [2.45, 2.75) is 18.2 Å². The number of aryl methyl sites for hydroxylation is 1. The zero-order valence-corrected chi connectivity index (χ0v) is 8.88. The van der Waals surface area contributed by atoms with E-state index in [1.165, 1.54) is 5.56 Å². The Balaban J connectivity index is 2.23. The van der Waals surface area contributed by atoms with Crippen LogP contribution in [0.3, 0.4) is 0 Å². The van der Waals surface area contributed by atoms with E-state index in [1.54, 1.807) is 0 Å². The molecule has 0 aromatic heterocycles. The fourth-order valence-electron chi connectivity index (χ4n) is 1.38. The van der Waals surface area contributed by atoms with Gasteiger partial charge in [0.05, 0.1) is 10.8 Å². The fraction of sp³-hybridized carbons (Fsp3) is 0.167. The monoisotopic (exact) mass is 204 g/mol. The number of benzene rings is 1. The van der Waals surface area contributed by atoms with Gasteiger partial charge in [-0.25, -0.2) is 4.21 Å².